The molecule has 0 saturated carbocycles. The Kier molecular flexibility index (Phi) is 4.51. The molecule has 0 spiro atoms. The quantitative estimate of drug-likeness (QED) is 0.611. The van der Waals surface area contributed by atoms with Gasteiger partial charge in [0.1, 0.15) is 0 Å². The second-order valence-corrected chi connectivity index (χ2v) is 4.60. The van der Waals surface area contributed by atoms with Gasteiger partial charge in [0.25, 0.3) is 0 Å². The molecular weight excluding hydrogens is 264 g/mol. The summed E-state index contributed by atoms with van der Waals surface area (Å²) in [6.07, 6.45) is 3.45. The lowest BCUT2D eigenvalue weighted by Crippen LogP contribution is -2.05. The van der Waals surface area contributed by atoms with Crippen molar-refractivity contribution in [3.63, 3.8) is 0 Å². The Morgan fingerprint density at radius 1 is 1.47 bits per heavy atom. The van der Waals surface area contributed by atoms with E-state index in [0.29, 0.717) is 5.16 Å². The van der Waals surface area contributed by atoms with E-state index in [-0.39, 0.29) is 11.7 Å². The number of methoxy groups -OCH3 is 1. The topological polar surface area (TPSA) is 69.9 Å². The first-order valence-corrected chi connectivity index (χ1v) is 6.78. The van der Waals surface area contributed by atoms with Crippen molar-refractivity contribution < 1.29 is 9.53 Å². The number of esters is 1. The minimum Gasteiger partial charge on any atom is -0.468 e. The fourth-order valence-corrected chi connectivity index (χ4v) is 2.41. The third-order valence-corrected chi connectivity index (χ3v) is 3.44. The highest BCUT2D eigenvalue weighted by molar-refractivity contribution is 7.99. The van der Waals surface area contributed by atoms with E-state index >= 15 is 0 Å². The zero-order valence-electron chi connectivity index (χ0n) is 10.7. The first kappa shape index (κ1) is 13.5. The van der Waals surface area contributed by atoms with Crippen LogP contribution in [0.3, 0.4) is 0 Å². The van der Waals surface area contributed by atoms with Gasteiger partial charge in [-0.05, 0) is 19.1 Å². The number of hydrogen-bond acceptors (Lipinski definition) is 6. The molecule has 0 bridgehead atoms. The number of carbonyl (C=O) groups is 1. The Labute approximate surface area is 115 Å². The predicted molar refractivity (Wildman–Crippen MR) is 71.7 cm³/mol. The van der Waals surface area contributed by atoms with Gasteiger partial charge in [0.15, 0.2) is 11.0 Å². The zero-order valence-corrected chi connectivity index (χ0v) is 11.6. The maximum absolute atomic E-state index is 11.2. The first-order chi connectivity index (χ1) is 9.26. The highest BCUT2D eigenvalue weighted by atomic mass is 32.2. The van der Waals surface area contributed by atoms with Crippen LogP contribution in [0, 0.1) is 0 Å². The lowest BCUT2D eigenvalue weighted by atomic mass is 10.3. The van der Waals surface area contributed by atoms with Gasteiger partial charge in [-0.15, -0.1) is 10.2 Å². The standard InChI is InChI=1S/C12H14N4O2S/c1-3-16-11(9-5-4-6-13-7-9)14-15-12(16)19-8-10(17)18-2/h4-7H,3,8H2,1-2H3. The van der Waals surface area contributed by atoms with Gasteiger partial charge in [-0.3, -0.25) is 9.78 Å². The van der Waals surface area contributed by atoms with Crippen molar-refractivity contribution in [2.45, 2.75) is 18.6 Å². The second kappa shape index (κ2) is 6.33. The van der Waals surface area contributed by atoms with Gasteiger partial charge in [0.2, 0.25) is 0 Å². The van der Waals surface area contributed by atoms with Crippen molar-refractivity contribution in [3.05, 3.63) is 24.5 Å². The van der Waals surface area contributed by atoms with Crippen molar-refractivity contribution in [2.24, 2.45) is 0 Å². The molecule has 0 aliphatic carbocycles. The molecule has 2 aromatic heterocycles. The molecule has 0 N–H and O–H groups in total. The number of aromatic nitrogens is 4. The molecule has 6 nitrogen and oxygen atoms in total. The minimum absolute atomic E-state index is 0.224. The van der Waals surface area contributed by atoms with Crippen LogP contribution >= 0.6 is 11.8 Å². The van der Waals surface area contributed by atoms with Gasteiger partial charge < -0.3 is 9.30 Å². The van der Waals surface area contributed by atoms with Crippen LogP contribution in [0.4, 0.5) is 0 Å². The largest absolute Gasteiger partial charge is 0.468 e. The predicted octanol–water partition coefficient (Wildman–Crippen LogP) is 1.63. The molecule has 0 amide bonds. The molecule has 19 heavy (non-hydrogen) atoms. The number of rotatable bonds is 5. The van der Waals surface area contributed by atoms with Crippen molar-refractivity contribution in [1.29, 1.82) is 0 Å². The highest BCUT2D eigenvalue weighted by Crippen LogP contribution is 2.23. The van der Waals surface area contributed by atoms with Crippen molar-refractivity contribution in [1.82, 2.24) is 19.7 Å². The Morgan fingerprint density at radius 2 is 2.32 bits per heavy atom. The molecule has 0 saturated heterocycles. The van der Waals surface area contributed by atoms with Crippen LogP contribution in [0.5, 0.6) is 0 Å². The lowest BCUT2D eigenvalue weighted by molar-refractivity contribution is -0.137. The third kappa shape index (κ3) is 3.11. The van der Waals surface area contributed by atoms with Gasteiger partial charge in [0, 0.05) is 24.5 Å². The number of ether oxygens (including phenoxy) is 1. The summed E-state index contributed by atoms with van der Waals surface area (Å²) in [7, 11) is 1.37. The van der Waals surface area contributed by atoms with Gasteiger partial charge >= 0.3 is 5.97 Å². The Hall–Kier alpha value is -1.89. The molecule has 100 valence electrons. The van der Waals surface area contributed by atoms with Crippen molar-refractivity contribution in [3.8, 4) is 11.4 Å². The number of thioether (sulfide) groups is 1. The van der Waals surface area contributed by atoms with E-state index in [2.05, 4.69) is 19.9 Å². The normalized spacial score (nSPS) is 10.4. The average molecular weight is 278 g/mol. The van der Waals surface area contributed by atoms with Gasteiger partial charge in [-0.2, -0.15) is 0 Å². The second-order valence-electron chi connectivity index (χ2n) is 3.66. The fourth-order valence-electron chi connectivity index (χ4n) is 1.57. The Bertz CT molecular complexity index is 556. The molecule has 2 aromatic rings. The molecule has 0 aromatic carbocycles. The molecule has 0 aliphatic rings. The van der Waals surface area contributed by atoms with Crippen molar-refractivity contribution >= 4 is 17.7 Å². The monoisotopic (exact) mass is 278 g/mol. The van der Waals surface area contributed by atoms with E-state index in [1.54, 1.807) is 12.4 Å². The number of nitrogens with zero attached hydrogens (tertiary/aromatic N) is 4. The van der Waals surface area contributed by atoms with Gasteiger partial charge in [0.05, 0.1) is 12.9 Å². The summed E-state index contributed by atoms with van der Waals surface area (Å²) in [6, 6.07) is 3.78. The zero-order chi connectivity index (χ0) is 13.7. The Morgan fingerprint density at radius 3 is 2.95 bits per heavy atom. The smallest absolute Gasteiger partial charge is 0.316 e. The first-order valence-electron chi connectivity index (χ1n) is 5.79. The van der Waals surface area contributed by atoms with Crippen LogP contribution in [0.1, 0.15) is 6.92 Å². The molecular formula is C12H14N4O2S. The summed E-state index contributed by atoms with van der Waals surface area (Å²) in [4.78, 5) is 15.2. The summed E-state index contributed by atoms with van der Waals surface area (Å²) < 4.78 is 6.56. The maximum atomic E-state index is 11.2. The van der Waals surface area contributed by atoms with E-state index in [4.69, 9.17) is 0 Å². The summed E-state index contributed by atoms with van der Waals surface area (Å²) in [6.45, 7) is 2.73. The number of pyridine rings is 1. The third-order valence-electron chi connectivity index (χ3n) is 2.50. The number of carbonyl (C=O) groups excluding carboxylic acids is 1. The molecule has 2 rings (SSSR count). The van der Waals surface area contributed by atoms with E-state index in [0.717, 1.165) is 17.9 Å². The van der Waals surface area contributed by atoms with Crippen LogP contribution in [0.25, 0.3) is 11.4 Å². The number of hydrogen-bond donors (Lipinski definition) is 0. The van der Waals surface area contributed by atoms with Gasteiger partial charge in [-0.1, -0.05) is 11.8 Å². The van der Waals surface area contributed by atoms with Crippen LogP contribution < -0.4 is 0 Å². The minimum atomic E-state index is -0.279. The molecule has 2 heterocycles. The molecule has 0 fully saturated rings. The van der Waals surface area contributed by atoms with E-state index in [1.165, 1.54) is 18.9 Å². The molecule has 7 heteroatoms. The maximum Gasteiger partial charge on any atom is 0.316 e. The van der Waals surface area contributed by atoms with Crippen molar-refractivity contribution in [2.75, 3.05) is 12.9 Å². The summed E-state index contributed by atoms with van der Waals surface area (Å²) >= 11 is 1.31. The summed E-state index contributed by atoms with van der Waals surface area (Å²) in [5, 5.41) is 8.97. The van der Waals surface area contributed by atoms with Crippen LogP contribution in [0.15, 0.2) is 29.7 Å². The van der Waals surface area contributed by atoms with E-state index in [9.17, 15) is 4.79 Å². The molecule has 0 aliphatic heterocycles. The molecule has 0 radical (unpaired) electrons. The Balaban J connectivity index is 2.23. The fraction of sp³-hybridized carbons (Fsp3) is 0.333. The van der Waals surface area contributed by atoms with Gasteiger partial charge in [-0.25, -0.2) is 0 Å². The SMILES string of the molecule is CCn1c(SCC(=O)OC)nnc1-c1cccnc1. The van der Waals surface area contributed by atoms with Crippen LogP contribution in [0.2, 0.25) is 0 Å². The van der Waals surface area contributed by atoms with E-state index < -0.39 is 0 Å². The van der Waals surface area contributed by atoms with Crippen LogP contribution in [-0.4, -0.2) is 38.6 Å². The highest BCUT2D eigenvalue weighted by Gasteiger charge is 2.14. The average Bonchev–Trinajstić information content (AvgIpc) is 2.88. The van der Waals surface area contributed by atoms with E-state index in [1.807, 2.05) is 23.6 Å². The molecule has 0 atom stereocenters. The summed E-state index contributed by atoms with van der Waals surface area (Å²) in [5.74, 6) is 0.698. The van der Waals surface area contributed by atoms with Crippen LogP contribution in [-0.2, 0) is 16.1 Å². The lowest BCUT2D eigenvalue weighted by Gasteiger charge is -2.06. The molecule has 0 unspecified atom stereocenters. The summed E-state index contributed by atoms with van der Waals surface area (Å²) in [5.41, 5.74) is 0.904.